The fourth-order valence-electron chi connectivity index (χ4n) is 3.52. The molecule has 0 spiro atoms. The van der Waals surface area contributed by atoms with Gasteiger partial charge in [0.2, 0.25) is 5.89 Å². The molecule has 0 saturated heterocycles. The van der Waals surface area contributed by atoms with Gasteiger partial charge in [-0.1, -0.05) is 43.2 Å². The van der Waals surface area contributed by atoms with Crippen molar-refractivity contribution < 1.29 is 13.9 Å². The quantitative estimate of drug-likeness (QED) is 0.405. The molecule has 5 heteroatoms. The maximum atomic E-state index is 12.3. The van der Waals surface area contributed by atoms with Gasteiger partial charge in [0, 0.05) is 11.3 Å². The van der Waals surface area contributed by atoms with Crippen molar-refractivity contribution in [3.05, 3.63) is 77.4 Å². The van der Waals surface area contributed by atoms with Gasteiger partial charge >= 0.3 is 0 Å². The second-order valence-electron chi connectivity index (χ2n) is 8.14. The van der Waals surface area contributed by atoms with Crippen LogP contribution in [0.15, 0.2) is 65.1 Å². The van der Waals surface area contributed by atoms with E-state index in [9.17, 15) is 4.79 Å². The molecule has 1 N–H and O–H groups in total. The van der Waals surface area contributed by atoms with E-state index in [4.69, 9.17) is 9.15 Å². The van der Waals surface area contributed by atoms with Crippen LogP contribution < -0.4 is 10.1 Å². The Balaban J connectivity index is 1.43. The van der Waals surface area contributed by atoms with E-state index in [0.717, 1.165) is 16.7 Å². The summed E-state index contributed by atoms with van der Waals surface area (Å²) in [6, 6.07) is 19.4. The van der Waals surface area contributed by atoms with Gasteiger partial charge in [-0.05, 0) is 67.8 Å². The largest absolute Gasteiger partial charge is 0.484 e. The zero-order chi connectivity index (χ0) is 22.0. The van der Waals surface area contributed by atoms with E-state index in [1.165, 1.54) is 5.56 Å². The molecular weight excluding hydrogens is 388 g/mol. The summed E-state index contributed by atoms with van der Waals surface area (Å²) in [6.07, 6.45) is 0. The summed E-state index contributed by atoms with van der Waals surface area (Å²) in [7, 11) is 0. The van der Waals surface area contributed by atoms with Crippen molar-refractivity contribution >= 4 is 22.7 Å². The number of anilines is 1. The Labute approximate surface area is 182 Å². The second kappa shape index (κ2) is 8.64. The van der Waals surface area contributed by atoms with E-state index >= 15 is 0 Å². The van der Waals surface area contributed by atoms with Gasteiger partial charge in [-0.2, -0.15) is 0 Å². The van der Waals surface area contributed by atoms with Crippen molar-refractivity contribution in [2.45, 2.75) is 33.6 Å². The monoisotopic (exact) mass is 414 g/mol. The first-order chi connectivity index (χ1) is 14.9. The van der Waals surface area contributed by atoms with Crippen LogP contribution in [-0.4, -0.2) is 17.5 Å². The van der Waals surface area contributed by atoms with Crippen molar-refractivity contribution in [1.29, 1.82) is 0 Å². The summed E-state index contributed by atoms with van der Waals surface area (Å²) < 4.78 is 11.5. The van der Waals surface area contributed by atoms with Gasteiger partial charge in [0.05, 0.1) is 0 Å². The number of nitrogens with one attached hydrogen (secondary N) is 1. The van der Waals surface area contributed by atoms with Crippen LogP contribution in [0.4, 0.5) is 5.69 Å². The highest BCUT2D eigenvalue weighted by Crippen LogP contribution is 2.27. The number of hydrogen-bond donors (Lipinski definition) is 1. The molecule has 4 rings (SSSR count). The van der Waals surface area contributed by atoms with Crippen LogP contribution in [-0.2, 0) is 4.79 Å². The highest BCUT2D eigenvalue weighted by Gasteiger charge is 2.11. The predicted octanol–water partition coefficient (Wildman–Crippen LogP) is 6.25. The van der Waals surface area contributed by atoms with Gasteiger partial charge in [-0.15, -0.1) is 0 Å². The van der Waals surface area contributed by atoms with Gasteiger partial charge in [0.25, 0.3) is 5.91 Å². The lowest BCUT2D eigenvalue weighted by molar-refractivity contribution is -0.118. The number of amides is 1. The molecule has 0 saturated carbocycles. The first-order valence-electron chi connectivity index (χ1n) is 10.4. The van der Waals surface area contributed by atoms with Crippen LogP contribution >= 0.6 is 0 Å². The van der Waals surface area contributed by atoms with Gasteiger partial charge in [0.1, 0.15) is 11.3 Å². The lowest BCUT2D eigenvalue weighted by atomic mass is 10.0. The summed E-state index contributed by atoms with van der Waals surface area (Å²) in [5.41, 5.74) is 6.50. The van der Waals surface area contributed by atoms with Crippen LogP contribution in [0, 0.1) is 13.8 Å². The number of fused-ring (bicyclic) bond motifs is 1. The first-order valence-corrected chi connectivity index (χ1v) is 10.4. The number of carbonyl (C=O) groups excluding carboxylic acids is 1. The van der Waals surface area contributed by atoms with Gasteiger partial charge < -0.3 is 14.5 Å². The zero-order valence-electron chi connectivity index (χ0n) is 18.2. The average molecular weight is 415 g/mol. The minimum atomic E-state index is -0.231. The number of benzene rings is 3. The van der Waals surface area contributed by atoms with Crippen LogP contribution in [0.25, 0.3) is 22.6 Å². The molecular formula is C26H26N2O3. The molecule has 158 valence electrons. The molecule has 0 fully saturated rings. The Morgan fingerprint density at radius 1 is 1.00 bits per heavy atom. The number of nitrogens with zero attached hydrogens (tertiary/aromatic N) is 1. The molecule has 4 aromatic rings. The van der Waals surface area contributed by atoms with E-state index in [2.05, 4.69) is 30.2 Å². The van der Waals surface area contributed by atoms with Crippen LogP contribution in [0.2, 0.25) is 0 Å². The van der Waals surface area contributed by atoms with E-state index in [-0.39, 0.29) is 12.5 Å². The van der Waals surface area contributed by atoms with E-state index in [0.29, 0.717) is 34.3 Å². The lowest BCUT2D eigenvalue weighted by Gasteiger charge is -2.09. The molecule has 0 unspecified atom stereocenters. The number of aryl methyl sites for hydroxylation is 2. The third-order valence-electron chi connectivity index (χ3n) is 5.06. The maximum absolute atomic E-state index is 12.3. The van der Waals surface area contributed by atoms with Crippen molar-refractivity contribution in [1.82, 2.24) is 4.98 Å². The molecule has 0 atom stereocenters. The topological polar surface area (TPSA) is 64.4 Å². The van der Waals surface area contributed by atoms with Crippen molar-refractivity contribution in [3.8, 4) is 17.2 Å². The second-order valence-corrected chi connectivity index (χ2v) is 8.14. The van der Waals surface area contributed by atoms with Crippen LogP contribution in [0.3, 0.4) is 0 Å². The number of oxazole rings is 1. The number of hydrogen-bond acceptors (Lipinski definition) is 4. The molecule has 5 nitrogen and oxygen atoms in total. The number of ether oxygens (including phenoxy) is 1. The molecule has 31 heavy (non-hydrogen) atoms. The number of rotatable bonds is 6. The first kappa shape index (κ1) is 20.7. The minimum Gasteiger partial charge on any atom is -0.484 e. The zero-order valence-corrected chi connectivity index (χ0v) is 18.2. The SMILES string of the molecule is Cc1cc(C)cc(-c2nc3cc(NC(=O)COc4ccc(C(C)C)cc4)ccc3o2)c1. The Morgan fingerprint density at radius 2 is 1.71 bits per heavy atom. The number of aromatic nitrogens is 1. The highest BCUT2D eigenvalue weighted by atomic mass is 16.5. The smallest absolute Gasteiger partial charge is 0.262 e. The Bertz CT molecular complexity index is 1200. The van der Waals surface area contributed by atoms with Crippen LogP contribution in [0.5, 0.6) is 5.75 Å². The third kappa shape index (κ3) is 4.94. The molecule has 1 amide bonds. The standard InChI is InChI=1S/C26H26N2O3/c1-16(2)19-5-8-22(9-6-19)30-15-25(29)27-21-7-10-24-23(14-21)28-26(31-24)20-12-17(3)11-18(4)13-20/h5-14,16H,15H2,1-4H3,(H,27,29). The molecule has 0 radical (unpaired) electrons. The lowest BCUT2D eigenvalue weighted by Crippen LogP contribution is -2.20. The highest BCUT2D eigenvalue weighted by molar-refractivity contribution is 5.94. The third-order valence-corrected chi connectivity index (χ3v) is 5.06. The summed E-state index contributed by atoms with van der Waals surface area (Å²) in [4.78, 5) is 16.9. The molecule has 1 heterocycles. The Hall–Kier alpha value is -3.60. The van der Waals surface area contributed by atoms with Crippen molar-refractivity contribution in [2.24, 2.45) is 0 Å². The summed E-state index contributed by atoms with van der Waals surface area (Å²) in [6.45, 7) is 8.31. The van der Waals surface area contributed by atoms with E-state index < -0.39 is 0 Å². The fraction of sp³-hybridized carbons (Fsp3) is 0.231. The minimum absolute atomic E-state index is 0.0638. The molecule has 3 aromatic carbocycles. The van der Waals surface area contributed by atoms with Crippen molar-refractivity contribution in [2.75, 3.05) is 11.9 Å². The van der Waals surface area contributed by atoms with Crippen LogP contribution in [0.1, 0.15) is 36.5 Å². The van der Waals surface area contributed by atoms with Gasteiger partial charge in [-0.25, -0.2) is 4.98 Å². The average Bonchev–Trinajstić information content (AvgIpc) is 3.15. The summed E-state index contributed by atoms with van der Waals surface area (Å²) in [5, 5.41) is 2.86. The fourth-order valence-corrected chi connectivity index (χ4v) is 3.52. The Kier molecular flexibility index (Phi) is 5.76. The molecule has 1 aromatic heterocycles. The van der Waals surface area contributed by atoms with E-state index in [1.807, 2.05) is 56.3 Å². The molecule has 0 aliphatic carbocycles. The normalized spacial score (nSPS) is 11.1. The maximum Gasteiger partial charge on any atom is 0.262 e. The van der Waals surface area contributed by atoms with Gasteiger partial charge in [0.15, 0.2) is 12.2 Å². The molecule has 0 bridgehead atoms. The molecule has 0 aliphatic rings. The van der Waals surface area contributed by atoms with E-state index in [1.54, 1.807) is 12.1 Å². The summed E-state index contributed by atoms with van der Waals surface area (Å²) in [5.74, 6) is 1.47. The van der Waals surface area contributed by atoms with Gasteiger partial charge in [-0.3, -0.25) is 4.79 Å². The Morgan fingerprint density at radius 3 is 2.39 bits per heavy atom. The molecule has 0 aliphatic heterocycles. The number of carbonyl (C=O) groups is 1. The van der Waals surface area contributed by atoms with Crippen molar-refractivity contribution in [3.63, 3.8) is 0 Å². The summed E-state index contributed by atoms with van der Waals surface area (Å²) >= 11 is 0. The predicted molar refractivity (Wildman–Crippen MR) is 124 cm³/mol.